The maximum Gasteiger partial charge on any atom is 0.261 e. The first-order chi connectivity index (χ1) is 14.6. The zero-order chi connectivity index (χ0) is 21.3. The van der Waals surface area contributed by atoms with E-state index in [1.54, 1.807) is 73.8 Å². The molecule has 0 aliphatic rings. The van der Waals surface area contributed by atoms with Crippen LogP contribution in [0.3, 0.4) is 0 Å². The Morgan fingerprint density at radius 3 is 1.73 bits per heavy atom. The number of methoxy groups -OCH3 is 2. The van der Waals surface area contributed by atoms with Crippen molar-refractivity contribution in [3.05, 3.63) is 90.0 Å². The van der Waals surface area contributed by atoms with E-state index in [4.69, 9.17) is 9.47 Å². The first-order valence-corrected chi connectivity index (χ1v) is 9.27. The molecule has 6 heteroatoms. The van der Waals surface area contributed by atoms with Gasteiger partial charge in [-0.05, 0) is 42.5 Å². The third-order valence-corrected chi connectivity index (χ3v) is 4.29. The molecule has 0 atom stereocenters. The van der Waals surface area contributed by atoms with Crippen LogP contribution in [-0.2, 0) is 9.59 Å². The number of ether oxygens (including phenoxy) is 2. The van der Waals surface area contributed by atoms with E-state index < -0.39 is 11.8 Å². The van der Waals surface area contributed by atoms with E-state index in [2.05, 4.69) is 10.6 Å². The lowest BCUT2D eigenvalue weighted by molar-refractivity contribution is -0.118. The summed E-state index contributed by atoms with van der Waals surface area (Å²) in [6.07, 6.45) is 1.49. The van der Waals surface area contributed by atoms with E-state index in [1.807, 2.05) is 12.1 Å². The van der Waals surface area contributed by atoms with E-state index >= 15 is 0 Å². The van der Waals surface area contributed by atoms with Gasteiger partial charge in [0.1, 0.15) is 17.1 Å². The third kappa shape index (κ3) is 5.26. The van der Waals surface area contributed by atoms with Crippen LogP contribution >= 0.6 is 0 Å². The molecule has 0 bridgehead atoms. The Kier molecular flexibility index (Phi) is 6.84. The Hall–Kier alpha value is -4.06. The zero-order valence-corrected chi connectivity index (χ0v) is 16.7. The van der Waals surface area contributed by atoms with Crippen LogP contribution in [0.2, 0.25) is 0 Å². The Morgan fingerprint density at radius 2 is 1.27 bits per heavy atom. The van der Waals surface area contributed by atoms with Gasteiger partial charge in [0, 0.05) is 23.0 Å². The smallest absolute Gasteiger partial charge is 0.261 e. The lowest BCUT2D eigenvalue weighted by atomic mass is 10.1. The number of amides is 2. The van der Waals surface area contributed by atoms with Crippen molar-refractivity contribution in [2.75, 3.05) is 24.9 Å². The first kappa shape index (κ1) is 20.7. The van der Waals surface area contributed by atoms with Gasteiger partial charge in [-0.15, -0.1) is 0 Å². The van der Waals surface area contributed by atoms with Gasteiger partial charge in [0.25, 0.3) is 11.8 Å². The fraction of sp³-hybridized carbons (Fsp3) is 0.0833. The summed E-state index contributed by atoms with van der Waals surface area (Å²) < 4.78 is 10.6. The third-order valence-electron chi connectivity index (χ3n) is 4.29. The fourth-order valence-corrected chi connectivity index (χ4v) is 2.77. The van der Waals surface area contributed by atoms with E-state index in [0.717, 1.165) is 0 Å². The van der Waals surface area contributed by atoms with Crippen LogP contribution in [-0.4, -0.2) is 26.0 Å². The van der Waals surface area contributed by atoms with Crippen molar-refractivity contribution in [3.63, 3.8) is 0 Å². The van der Waals surface area contributed by atoms with Crippen LogP contribution in [0.1, 0.15) is 5.56 Å². The number of para-hydroxylation sites is 2. The van der Waals surface area contributed by atoms with Crippen molar-refractivity contribution < 1.29 is 19.1 Å². The molecule has 152 valence electrons. The molecule has 0 saturated carbocycles. The van der Waals surface area contributed by atoms with Gasteiger partial charge in [0.15, 0.2) is 0 Å². The molecular formula is C24H22N2O4. The molecule has 0 spiro atoms. The number of rotatable bonds is 7. The van der Waals surface area contributed by atoms with Crippen molar-refractivity contribution in [2.24, 2.45) is 0 Å². The van der Waals surface area contributed by atoms with Crippen molar-refractivity contribution in [1.29, 1.82) is 0 Å². The number of hydrogen-bond donors (Lipinski definition) is 2. The van der Waals surface area contributed by atoms with E-state index in [9.17, 15) is 9.59 Å². The Labute approximate surface area is 175 Å². The summed E-state index contributed by atoms with van der Waals surface area (Å²) >= 11 is 0. The molecule has 6 nitrogen and oxygen atoms in total. The molecule has 0 radical (unpaired) electrons. The van der Waals surface area contributed by atoms with Crippen LogP contribution in [0.4, 0.5) is 11.4 Å². The molecule has 0 unspecified atom stereocenters. The highest BCUT2D eigenvalue weighted by Gasteiger charge is 2.20. The summed E-state index contributed by atoms with van der Waals surface area (Å²) in [6.45, 7) is 0. The minimum absolute atomic E-state index is 0.0637. The number of benzene rings is 3. The summed E-state index contributed by atoms with van der Waals surface area (Å²) in [5, 5.41) is 5.51. The highest BCUT2D eigenvalue weighted by Crippen LogP contribution is 2.27. The van der Waals surface area contributed by atoms with Gasteiger partial charge in [-0.25, -0.2) is 0 Å². The lowest BCUT2D eigenvalue weighted by Crippen LogP contribution is -2.25. The Morgan fingerprint density at radius 1 is 0.733 bits per heavy atom. The van der Waals surface area contributed by atoms with Gasteiger partial charge in [-0.2, -0.15) is 0 Å². The summed E-state index contributed by atoms with van der Waals surface area (Å²) in [7, 11) is 3.07. The van der Waals surface area contributed by atoms with Crippen molar-refractivity contribution >= 4 is 29.3 Å². The molecule has 0 aliphatic carbocycles. The van der Waals surface area contributed by atoms with Gasteiger partial charge in [0.2, 0.25) is 0 Å². The molecule has 0 heterocycles. The van der Waals surface area contributed by atoms with Crippen LogP contribution < -0.4 is 20.1 Å². The summed E-state index contributed by atoms with van der Waals surface area (Å²) in [4.78, 5) is 25.9. The van der Waals surface area contributed by atoms with E-state index in [1.165, 1.54) is 13.2 Å². The van der Waals surface area contributed by atoms with Crippen molar-refractivity contribution in [1.82, 2.24) is 0 Å². The second-order valence-electron chi connectivity index (χ2n) is 6.31. The van der Waals surface area contributed by atoms with Gasteiger partial charge in [0.05, 0.1) is 14.2 Å². The monoisotopic (exact) mass is 402 g/mol. The largest absolute Gasteiger partial charge is 0.497 e. The molecule has 30 heavy (non-hydrogen) atoms. The number of carbonyl (C=O) groups is 2. The quantitative estimate of drug-likeness (QED) is 0.350. The SMILES string of the molecule is COc1ccc(C=C(C(=O)Nc2ccccc2)C(=O)Nc2ccccc2)c(OC)c1. The molecule has 0 saturated heterocycles. The van der Waals surface area contributed by atoms with E-state index in [-0.39, 0.29) is 5.57 Å². The van der Waals surface area contributed by atoms with Gasteiger partial charge < -0.3 is 20.1 Å². The number of carbonyl (C=O) groups excluding carboxylic acids is 2. The highest BCUT2D eigenvalue weighted by atomic mass is 16.5. The zero-order valence-electron chi connectivity index (χ0n) is 16.7. The predicted molar refractivity (Wildman–Crippen MR) is 118 cm³/mol. The summed E-state index contributed by atoms with van der Waals surface area (Å²) in [6, 6.07) is 23.0. The Bertz CT molecular complexity index is 992. The predicted octanol–water partition coefficient (Wildman–Crippen LogP) is 4.36. The molecule has 0 aromatic heterocycles. The molecule has 2 amide bonds. The molecule has 3 rings (SSSR count). The minimum Gasteiger partial charge on any atom is -0.497 e. The van der Waals surface area contributed by atoms with Crippen LogP contribution in [0, 0.1) is 0 Å². The van der Waals surface area contributed by atoms with Gasteiger partial charge in [-0.3, -0.25) is 9.59 Å². The molecule has 0 aliphatic heterocycles. The Balaban J connectivity index is 1.97. The maximum atomic E-state index is 13.0. The van der Waals surface area contributed by atoms with Crippen molar-refractivity contribution in [2.45, 2.75) is 0 Å². The van der Waals surface area contributed by atoms with Gasteiger partial charge >= 0.3 is 0 Å². The molecule has 3 aromatic carbocycles. The molecular weight excluding hydrogens is 380 g/mol. The minimum atomic E-state index is -0.535. The normalized spacial score (nSPS) is 9.93. The van der Waals surface area contributed by atoms with Crippen molar-refractivity contribution in [3.8, 4) is 11.5 Å². The summed E-state index contributed by atoms with van der Waals surface area (Å²) in [5.74, 6) is 0.0138. The second-order valence-corrected chi connectivity index (χ2v) is 6.31. The fourth-order valence-electron chi connectivity index (χ4n) is 2.77. The molecule has 0 fully saturated rings. The lowest BCUT2D eigenvalue weighted by Gasteiger charge is -2.12. The second kappa shape index (κ2) is 9.93. The average molecular weight is 402 g/mol. The average Bonchev–Trinajstić information content (AvgIpc) is 2.78. The maximum absolute atomic E-state index is 13.0. The number of hydrogen-bond acceptors (Lipinski definition) is 4. The van der Waals surface area contributed by atoms with Crippen LogP contribution in [0.25, 0.3) is 6.08 Å². The molecule has 3 aromatic rings. The van der Waals surface area contributed by atoms with Crippen LogP contribution in [0.15, 0.2) is 84.4 Å². The highest BCUT2D eigenvalue weighted by molar-refractivity contribution is 6.28. The standard InChI is InChI=1S/C24H22N2O4/c1-29-20-14-13-17(22(16-20)30-2)15-21(23(27)25-18-9-5-3-6-10-18)24(28)26-19-11-7-4-8-12-19/h3-16H,1-2H3,(H,25,27)(H,26,28). The first-order valence-electron chi connectivity index (χ1n) is 9.27. The topological polar surface area (TPSA) is 76.7 Å². The van der Waals surface area contributed by atoms with Gasteiger partial charge in [-0.1, -0.05) is 36.4 Å². The summed E-state index contributed by atoms with van der Waals surface area (Å²) in [5.41, 5.74) is 1.68. The number of nitrogens with one attached hydrogen (secondary N) is 2. The number of anilines is 2. The van der Waals surface area contributed by atoms with Crippen LogP contribution in [0.5, 0.6) is 11.5 Å². The molecule has 2 N–H and O–H groups in total. The van der Waals surface area contributed by atoms with E-state index in [0.29, 0.717) is 28.4 Å².